The van der Waals surface area contributed by atoms with Gasteiger partial charge in [-0.1, -0.05) is 63.5 Å². The number of carbonyl (C=O) groups excluding carboxylic acids is 2. The van der Waals surface area contributed by atoms with Gasteiger partial charge in [-0.3, -0.25) is 9.59 Å². The molecule has 1 aliphatic carbocycles. The van der Waals surface area contributed by atoms with Crippen LogP contribution >= 0.6 is 0 Å². The van der Waals surface area contributed by atoms with Gasteiger partial charge in [0.2, 0.25) is 11.8 Å². The van der Waals surface area contributed by atoms with Gasteiger partial charge in [-0.25, -0.2) is 0 Å². The third-order valence-electron chi connectivity index (χ3n) is 6.22. The van der Waals surface area contributed by atoms with Crippen molar-refractivity contribution in [2.24, 2.45) is 0 Å². The van der Waals surface area contributed by atoms with Gasteiger partial charge in [0.25, 0.3) is 0 Å². The highest BCUT2D eigenvalue weighted by Gasteiger charge is 2.26. The van der Waals surface area contributed by atoms with Crippen LogP contribution in [-0.4, -0.2) is 47.3 Å². The molecule has 0 bridgehead atoms. The Morgan fingerprint density at radius 1 is 0.606 bits per heavy atom. The van der Waals surface area contributed by atoms with Crippen LogP contribution in [0.3, 0.4) is 0 Å². The van der Waals surface area contributed by atoms with E-state index in [-0.39, 0.29) is 37.1 Å². The first-order chi connectivity index (χ1) is 16.2. The van der Waals surface area contributed by atoms with E-state index in [4.69, 9.17) is 10.2 Å². The fraction of sp³-hybridized carbons (Fsp3) is 0.778. The number of rotatable bonds is 20. The molecule has 33 heavy (non-hydrogen) atoms. The van der Waals surface area contributed by atoms with Crippen molar-refractivity contribution in [3.63, 3.8) is 0 Å². The summed E-state index contributed by atoms with van der Waals surface area (Å²) in [4.78, 5) is 24.2. The number of allylic oxidation sites excluding steroid dienone is 2. The van der Waals surface area contributed by atoms with E-state index in [0.717, 1.165) is 70.6 Å². The summed E-state index contributed by atoms with van der Waals surface area (Å²) in [5.41, 5.74) is 0. The monoisotopic (exact) mass is 464 g/mol. The molecular formula is C27H48N2O4. The van der Waals surface area contributed by atoms with E-state index in [1.54, 1.807) is 12.2 Å². The molecule has 1 rings (SSSR count). The maximum atomic E-state index is 12.1. The van der Waals surface area contributed by atoms with Gasteiger partial charge in [-0.2, -0.15) is 0 Å². The first-order valence-corrected chi connectivity index (χ1v) is 13.3. The summed E-state index contributed by atoms with van der Waals surface area (Å²) >= 11 is 0. The van der Waals surface area contributed by atoms with Crippen molar-refractivity contribution in [1.29, 1.82) is 0 Å². The first-order valence-electron chi connectivity index (χ1n) is 13.3. The maximum Gasteiger partial charge on any atom is 0.243 e. The standard InChI is InChI=1S/C27H48N2O4/c30-21-15-11-7-3-1-5-9-13-17-26(32)28-24-19-20-25(23-24)29-27(33)18-14-10-6-2-4-8-12-16-22-31/h13-14,17-18,24-25,30-31H,1-12,15-16,19-23H2,(H,28,32)(H,29,33)/t24-,25+. The number of aliphatic hydroxyl groups is 2. The van der Waals surface area contributed by atoms with Gasteiger partial charge in [0.05, 0.1) is 0 Å². The molecule has 1 aliphatic rings. The van der Waals surface area contributed by atoms with E-state index < -0.39 is 0 Å². The molecule has 6 heteroatoms. The van der Waals surface area contributed by atoms with Crippen molar-refractivity contribution < 1.29 is 19.8 Å². The molecule has 190 valence electrons. The number of amides is 2. The molecule has 0 unspecified atom stereocenters. The van der Waals surface area contributed by atoms with E-state index >= 15 is 0 Å². The van der Waals surface area contributed by atoms with Crippen LogP contribution in [-0.2, 0) is 9.59 Å². The summed E-state index contributed by atoms with van der Waals surface area (Å²) in [6.07, 6.45) is 24.9. The van der Waals surface area contributed by atoms with Crippen LogP contribution < -0.4 is 10.6 Å². The summed E-state index contributed by atoms with van der Waals surface area (Å²) in [5, 5.41) is 23.6. The lowest BCUT2D eigenvalue weighted by atomic mass is 10.1. The zero-order valence-corrected chi connectivity index (χ0v) is 20.6. The molecule has 0 spiro atoms. The minimum atomic E-state index is -0.0359. The van der Waals surface area contributed by atoms with Gasteiger partial charge in [0.1, 0.15) is 0 Å². The predicted molar refractivity (Wildman–Crippen MR) is 135 cm³/mol. The van der Waals surface area contributed by atoms with Crippen LogP contribution in [0.4, 0.5) is 0 Å². The van der Waals surface area contributed by atoms with E-state index in [1.807, 2.05) is 12.2 Å². The molecule has 0 aromatic rings. The third-order valence-corrected chi connectivity index (χ3v) is 6.22. The zero-order chi connectivity index (χ0) is 24.0. The first kappa shape index (κ1) is 29.4. The molecule has 0 saturated heterocycles. The smallest absolute Gasteiger partial charge is 0.243 e. The van der Waals surface area contributed by atoms with Crippen LogP contribution in [0.15, 0.2) is 24.3 Å². The van der Waals surface area contributed by atoms with Gasteiger partial charge in [0, 0.05) is 25.3 Å². The second kappa shape index (κ2) is 20.9. The second-order valence-electron chi connectivity index (χ2n) is 9.30. The Bertz CT molecular complexity index is 514. The summed E-state index contributed by atoms with van der Waals surface area (Å²) in [6, 6.07) is 0.266. The SMILES string of the molecule is O=C(C=CCCCCCCCCO)N[C@@H]1CC[C@H](NC(=O)C=CCCCCCCCCO)C1. The van der Waals surface area contributed by atoms with Gasteiger partial charge in [0.15, 0.2) is 0 Å². The molecular weight excluding hydrogens is 416 g/mol. The molecule has 0 aromatic heterocycles. The summed E-state index contributed by atoms with van der Waals surface area (Å²) in [6.45, 7) is 0.578. The fourth-order valence-corrected chi connectivity index (χ4v) is 4.29. The van der Waals surface area contributed by atoms with Gasteiger partial charge >= 0.3 is 0 Å². The number of hydrogen-bond donors (Lipinski definition) is 4. The normalized spacial score (nSPS) is 18.4. The fourth-order valence-electron chi connectivity index (χ4n) is 4.29. The third kappa shape index (κ3) is 17.5. The van der Waals surface area contributed by atoms with E-state index in [2.05, 4.69) is 10.6 Å². The van der Waals surface area contributed by atoms with Gasteiger partial charge in [-0.05, 0) is 69.9 Å². The number of hydrogen-bond acceptors (Lipinski definition) is 4. The molecule has 2 atom stereocenters. The molecule has 2 amide bonds. The molecule has 0 heterocycles. The summed E-state index contributed by atoms with van der Waals surface area (Å²) in [5.74, 6) is -0.0719. The molecule has 4 N–H and O–H groups in total. The lowest BCUT2D eigenvalue weighted by molar-refractivity contribution is -0.117. The van der Waals surface area contributed by atoms with E-state index in [1.165, 1.54) is 38.5 Å². The van der Waals surface area contributed by atoms with Crippen LogP contribution in [0.25, 0.3) is 0 Å². The predicted octanol–water partition coefficient (Wildman–Crippen LogP) is 4.70. The van der Waals surface area contributed by atoms with Crippen molar-refractivity contribution in [2.75, 3.05) is 13.2 Å². The van der Waals surface area contributed by atoms with Crippen molar-refractivity contribution in [3.05, 3.63) is 24.3 Å². The maximum absolute atomic E-state index is 12.1. The lowest BCUT2D eigenvalue weighted by Gasteiger charge is -2.13. The van der Waals surface area contributed by atoms with Crippen LogP contribution in [0.2, 0.25) is 0 Å². The highest BCUT2D eigenvalue weighted by Crippen LogP contribution is 2.19. The van der Waals surface area contributed by atoms with Crippen molar-refractivity contribution in [1.82, 2.24) is 10.6 Å². The summed E-state index contributed by atoms with van der Waals surface area (Å²) in [7, 11) is 0. The van der Waals surface area contributed by atoms with Crippen LogP contribution in [0.5, 0.6) is 0 Å². The highest BCUT2D eigenvalue weighted by molar-refractivity contribution is 5.88. The van der Waals surface area contributed by atoms with Crippen molar-refractivity contribution in [3.8, 4) is 0 Å². The number of unbranched alkanes of at least 4 members (excludes halogenated alkanes) is 12. The molecule has 0 aliphatic heterocycles. The average molecular weight is 465 g/mol. The Morgan fingerprint density at radius 3 is 1.36 bits per heavy atom. The molecule has 0 radical (unpaired) electrons. The lowest BCUT2D eigenvalue weighted by Crippen LogP contribution is -2.36. The Balaban J connectivity index is 2.04. The Labute approximate surface area is 201 Å². The number of nitrogens with one attached hydrogen (secondary N) is 2. The van der Waals surface area contributed by atoms with E-state index in [0.29, 0.717) is 0 Å². The Morgan fingerprint density at radius 2 is 0.970 bits per heavy atom. The van der Waals surface area contributed by atoms with Crippen molar-refractivity contribution >= 4 is 11.8 Å². The molecule has 1 fully saturated rings. The van der Waals surface area contributed by atoms with Crippen LogP contribution in [0, 0.1) is 0 Å². The van der Waals surface area contributed by atoms with Crippen molar-refractivity contribution in [2.45, 2.75) is 121 Å². The molecule has 0 aromatic carbocycles. The quantitative estimate of drug-likeness (QED) is 0.155. The minimum absolute atomic E-state index is 0.0359. The molecule has 6 nitrogen and oxygen atoms in total. The highest BCUT2D eigenvalue weighted by atomic mass is 16.3. The minimum Gasteiger partial charge on any atom is -0.396 e. The number of carbonyl (C=O) groups is 2. The summed E-state index contributed by atoms with van der Waals surface area (Å²) < 4.78 is 0. The van der Waals surface area contributed by atoms with Gasteiger partial charge < -0.3 is 20.8 Å². The second-order valence-corrected chi connectivity index (χ2v) is 9.30. The topological polar surface area (TPSA) is 98.7 Å². The van der Waals surface area contributed by atoms with Crippen LogP contribution in [0.1, 0.15) is 109 Å². The van der Waals surface area contributed by atoms with E-state index in [9.17, 15) is 9.59 Å². The largest absolute Gasteiger partial charge is 0.396 e. The number of aliphatic hydroxyl groups excluding tert-OH is 2. The Hall–Kier alpha value is -1.66. The average Bonchev–Trinajstić information content (AvgIpc) is 3.23. The zero-order valence-electron chi connectivity index (χ0n) is 20.6. The Kier molecular flexibility index (Phi) is 18.6. The molecule has 1 saturated carbocycles. The van der Waals surface area contributed by atoms with Gasteiger partial charge in [-0.15, -0.1) is 0 Å².